The van der Waals surface area contributed by atoms with Gasteiger partial charge in [-0.05, 0) is 30.2 Å². The number of unbranched alkanes of at least 4 members (excludes halogenated alkanes) is 5. The Morgan fingerprint density at radius 2 is 1.36 bits per heavy atom. The van der Waals surface area contributed by atoms with Gasteiger partial charge < -0.3 is 4.90 Å². The third-order valence-corrected chi connectivity index (χ3v) is 5.40. The largest absolute Gasteiger partial charge is 0.375 e. The summed E-state index contributed by atoms with van der Waals surface area (Å²) in [5, 5.41) is 0. The summed E-state index contributed by atoms with van der Waals surface area (Å²) in [6.07, 6.45) is 9.47. The normalized spacial score (nSPS) is 13.0. The van der Waals surface area contributed by atoms with E-state index in [1.54, 1.807) is 30.3 Å². The van der Waals surface area contributed by atoms with Crippen LogP contribution >= 0.6 is 0 Å². The van der Waals surface area contributed by atoms with Crippen molar-refractivity contribution in [2.24, 2.45) is 0 Å². The second-order valence-electron chi connectivity index (χ2n) is 7.54. The molecule has 3 heteroatoms. The van der Waals surface area contributed by atoms with Gasteiger partial charge in [-0.25, -0.2) is 0 Å². The molecular weight excluding hydrogens is 346 g/mol. The van der Waals surface area contributed by atoms with Crippen molar-refractivity contribution in [2.45, 2.75) is 45.4 Å². The molecule has 146 valence electrons. The van der Waals surface area contributed by atoms with Crippen molar-refractivity contribution in [2.75, 3.05) is 18.5 Å². The molecule has 0 unspecified atom stereocenters. The molecule has 0 aromatic heterocycles. The zero-order valence-electron chi connectivity index (χ0n) is 16.9. The third-order valence-electron chi connectivity index (χ3n) is 5.40. The smallest absolute Gasteiger partial charge is 0.197 e. The first kappa shape index (κ1) is 20.1. The molecular formula is C25H29NO2. The van der Waals surface area contributed by atoms with E-state index in [4.69, 9.17) is 0 Å². The summed E-state index contributed by atoms with van der Waals surface area (Å²) in [7, 11) is 2.11. The van der Waals surface area contributed by atoms with Gasteiger partial charge in [0.15, 0.2) is 11.6 Å². The highest BCUT2D eigenvalue weighted by molar-refractivity contribution is 6.41. The molecule has 0 atom stereocenters. The van der Waals surface area contributed by atoms with Gasteiger partial charge in [-0.3, -0.25) is 9.59 Å². The van der Waals surface area contributed by atoms with Crippen molar-refractivity contribution >= 4 is 23.3 Å². The predicted octanol–water partition coefficient (Wildman–Crippen LogP) is 5.95. The van der Waals surface area contributed by atoms with E-state index in [2.05, 4.69) is 31.0 Å². The van der Waals surface area contributed by atoms with Crippen LogP contribution in [-0.4, -0.2) is 25.2 Å². The molecule has 0 fully saturated rings. The molecule has 3 rings (SSSR count). The highest BCUT2D eigenvalue weighted by Crippen LogP contribution is 2.28. The molecule has 1 aliphatic rings. The van der Waals surface area contributed by atoms with E-state index < -0.39 is 0 Å². The Morgan fingerprint density at radius 1 is 0.786 bits per heavy atom. The number of allylic oxidation sites excluding steroid dienone is 1. The zero-order chi connectivity index (χ0) is 19.9. The van der Waals surface area contributed by atoms with Crippen LogP contribution in [0.4, 0.5) is 5.69 Å². The Morgan fingerprint density at radius 3 is 1.96 bits per heavy atom. The molecule has 0 N–H and O–H groups in total. The molecule has 0 spiro atoms. The van der Waals surface area contributed by atoms with E-state index in [1.165, 1.54) is 38.5 Å². The second-order valence-corrected chi connectivity index (χ2v) is 7.54. The van der Waals surface area contributed by atoms with E-state index in [0.29, 0.717) is 11.1 Å². The van der Waals surface area contributed by atoms with E-state index in [1.807, 2.05) is 12.1 Å². The van der Waals surface area contributed by atoms with Crippen LogP contribution in [0.5, 0.6) is 0 Å². The molecule has 0 bridgehead atoms. The summed E-state index contributed by atoms with van der Waals surface area (Å²) in [6.45, 7) is 3.28. The summed E-state index contributed by atoms with van der Waals surface area (Å²) in [5.74, 6) is -0.352. The van der Waals surface area contributed by atoms with Crippen LogP contribution in [0.25, 0.3) is 6.08 Å². The molecule has 3 nitrogen and oxygen atoms in total. The molecule has 0 saturated heterocycles. The number of carbonyl (C=O) groups is 2. The van der Waals surface area contributed by atoms with Crippen molar-refractivity contribution in [3.05, 3.63) is 70.8 Å². The average molecular weight is 376 g/mol. The number of anilines is 1. The summed E-state index contributed by atoms with van der Waals surface area (Å²) >= 11 is 0. The highest BCUT2D eigenvalue weighted by atomic mass is 16.2. The zero-order valence-corrected chi connectivity index (χ0v) is 16.9. The number of benzene rings is 2. The summed E-state index contributed by atoms with van der Waals surface area (Å²) in [5.41, 5.74) is 3.31. The molecule has 0 heterocycles. The van der Waals surface area contributed by atoms with Gasteiger partial charge in [-0.15, -0.1) is 0 Å². The first-order chi connectivity index (χ1) is 13.6. The van der Waals surface area contributed by atoms with Crippen LogP contribution in [0.1, 0.15) is 71.7 Å². The number of carbonyl (C=O) groups excluding carboxylic acids is 2. The van der Waals surface area contributed by atoms with E-state index in [9.17, 15) is 9.59 Å². The topological polar surface area (TPSA) is 37.4 Å². The summed E-state index contributed by atoms with van der Waals surface area (Å²) < 4.78 is 0. The number of Topliss-reactive ketones (excluding diaryl/α,β-unsaturated/α-hetero) is 2. The van der Waals surface area contributed by atoms with Gasteiger partial charge in [-0.2, -0.15) is 0 Å². The van der Waals surface area contributed by atoms with Gasteiger partial charge in [0.1, 0.15) is 0 Å². The number of nitrogens with zero attached hydrogens (tertiary/aromatic N) is 1. The van der Waals surface area contributed by atoms with Gasteiger partial charge in [0, 0.05) is 30.4 Å². The lowest BCUT2D eigenvalue weighted by atomic mass is 10.1. The highest BCUT2D eigenvalue weighted by Gasteiger charge is 2.32. The molecule has 2 aromatic rings. The number of ketones is 2. The van der Waals surface area contributed by atoms with E-state index in [0.717, 1.165) is 17.8 Å². The quantitative estimate of drug-likeness (QED) is 0.309. The molecule has 0 aliphatic heterocycles. The maximum atomic E-state index is 12.5. The Labute approximate surface area is 168 Å². The maximum Gasteiger partial charge on any atom is 0.197 e. The average Bonchev–Trinajstić information content (AvgIpc) is 2.96. The SMILES string of the molecule is CCCCCCCCN(C)c1ccc(C=C2C(=O)c3ccccc3C2=O)cc1. The Bertz CT molecular complexity index is 827. The first-order valence-corrected chi connectivity index (χ1v) is 10.3. The van der Waals surface area contributed by atoms with E-state index in [-0.39, 0.29) is 17.1 Å². The standard InChI is InChI=1S/C25H29NO2/c1-3-4-5-6-7-10-17-26(2)20-15-13-19(14-16-20)18-23-24(27)21-11-8-9-12-22(21)25(23)28/h8-9,11-16,18H,3-7,10,17H2,1-2H3. The molecule has 2 aromatic carbocycles. The number of hydrogen-bond acceptors (Lipinski definition) is 3. The van der Waals surface area contributed by atoms with Crippen molar-refractivity contribution in [1.82, 2.24) is 0 Å². The minimum Gasteiger partial charge on any atom is -0.375 e. The number of hydrogen-bond donors (Lipinski definition) is 0. The van der Waals surface area contributed by atoms with Gasteiger partial charge in [0.05, 0.1) is 5.57 Å². The van der Waals surface area contributed by atoms with Crippen molar-refractivity contribution < 1.29 is 9.59 Å². The van der Waals surface area contributed by atoms with Crippen molar-refractivity contribution in [3.8, 4) is 0 Å². The van der Waals surface area contributed by atoms with E-state index >= 15 is 0 Å². The van der Waals surface area contributed by atoms with Gasteiger partial charge >= 0.3 is 0 Å². The fraction of sp³-hybridized carbons (Fsp3) is 0.360. The fourth-order valence-corrected chi connectivity index (χ4v) is 3.65. The van der Waals surface area contributed by atoms with Crippen molar-refractivity contribution in [1.29, 1.82) is 0 Å². The predicted molar refractivity (Wildman–Crippen MR) is 116 cm³/mol. The molecule has 0 amide bonds. The van der Waals surface area contributed by atoms with Crippen LogP contribution in [-0.2, 0) is 0 Å². The maximum absolute atomic E-state index is 12.5. The lowest BCUT2D eigenvalue weighted by Crippen LogP contribution is -2.18. The Hall–Kier alpha value is -2.68. The minimum atomic E-state index is -0.176. The third kappa shape index (κ3) is 4.59. The summed E-state index contributed by atoms with van der Waals surface area (Å²) in [6, 6.07) is 15.1. The Balaban J connectivity index is 1.60. The fourth-order valence-electron chi connectivity index (χ4n) is 3.65. The minimum absolute atomic E-state index is 0.176. The number of fused-ring (bicyclic) bond motifs is 1. The van der Waals surface area contributed by atoms with Crippen molar-refractivity contribution in [3.63, 3.8) is 0 Å². The van der Waals surface area contributed by atoms with Crippen LogP contribution in [0.3, 0.4) is 0 Å². The first-order valence-electron chi connectivity index (χ1n) is 10.3. The molecule has 0 radical (unpaired) electrons. The van der Waals surface area contributed by atoms with Crippen LogP contribution < -0.4 is 4.90 Å². The lowest BCUT2D eigenvalue weighted by Gasteiger charge is -2.19. The second kappa shape index (κ2) is 9.50. The van der Waals surface area contributed by atoms with Crippen LogP contribution in [0.15, 0.2) is 54.1 Å². The summed E-state index contributed by atoms with van der Waals surface area (Å²) in [4.78, 5) is 27.3. The van der Waals surface area contributed by atoms with Gasteiger partial charge in [0.25, 0.3) is 0 Å². The van der Waals surface area contributed by atoms with Crippen LogP contribution in [0, 0.1) is 0 Å². The van der Waals surface area contributed by atoms with Gasteiger partial charge in [-0.1, -0.05) is 75.4 Å². The lowest BCUT2D eigenvalue weighted by molar-refractivity contribution is 0.0990. The molecule has 1 aliphatic carbocycles. The molecule has 0 saturated carbocycles. The van der Waals surface area contributed by atoms with Gasteiger partial charge in [0.2, 0.25) is 0 Å². The number of rotatable bonds is 9. The molecule has 28 heavy (non-hydrogen) atoms. The Kier molecular flexibility index (Phi) is 6.80. The van der Waals surface area contributed by atoms with Crippen LogP contribution in [0.2, 0.25) is 0 Å². The monoisotopic (exact) mass is 375 g/mol.